The van der Waals surface area contributed by atoms with Crippen molar-refractivity contribution in [2.45, 2.75) is 20.4 Å². The number of guanidine groups is 1. The zero-order valence-electron chi connectivity index (χ0n) is 14.3. The average molecular weight is 444 g/mol. The molecule has 132 valence electrons. The van der Waals surface area contributed by atoms with E-state index in [1.165, 1.54) is 0 Å². The molecule has 2 N–H and O–H groups in total. The van der Waals surface area contributed by atoms with Crippen molar-refractivity contribution in [3.8, 4) is 5.75 Å². The Kier molecular flexibility index (Phi) is 9.13. The van der Waals surface area contributed by atoms with Gasteiger partial charge in [-0.05, 0) is 26.0 Å². The number of hydrogen-bond donors (Lipinski definition) is 2. The molecule has 2 aromatic rings. The summed E-state index contributed by atoms with van der Waals surface area (Å²) in [6, 6.07) is 9.76. The number of nitrogens with zero attached hydrogens (tertiary/aromatic N) is 4. The second-order valence-electron chi connectivity index (χ2n) is 5.01. The maximum absolute atomic E-state index is 5.65. The lowest BCUT2D eigenvalue weighted by Gasteiger charge is -2.12. The molecular weight excluding hydrogens is 419 g/mol. The minimum atomic E-state index is 0. The molecule has 24 heavy (non-hydrogen) atoms. The van der Waals surface area contributed by atoms with Crippen molar-refractivity contribution >= 4 is 29.9 Å². The summed E-state index contributed by atoms with van der Waals surface area (Å²) in [5.41, 5.74) is 0. The fourth-order valence-corrected chi connectivity index (χ4v) is 1.94. The van der Waals surface area contributed by atoms with E-state index in [9.17, 15) is 0 Å². The number of aromatic nitrogens is 3. The van der Waals surface area contributed by atoms with E-state index in [4.69, 9.17) is 4.74 Å². The number of ether oxygens (including phenoxy) is 1. The topological polar surface area (TPSA) is 76.4 Å². The highest BCUT2D eigenvalue weighted by molar-refractivity contribution is 14.0. The van der Waals surface area contributed by atoms with Crippen LogP contribution in [-0.4, -0.2) is 40.4 Å². The predicted molar refractivity (Wildman–Crippen MR) is 106 cm³/mol. The van der Waals surface area contributed by atoms with Crippen LogP contribution in [0.1, 0.15) is 18.6 Å². The molecule has 1 aromatic heterocycles. The Hall–Kier alpha value is -1.84. The van der Waals surface area contributed by atoms with Gasteiger partial charge in [0, 0.05) is 13.6 Å². The lowest BCUT2D eigenvalue weighted by molar-refractivity contribution is 0.322. The molecule has 0 saturated heterocycles. The third-order valence-electron chi connectivity index (χ3n) is 3.31. The quantitative estimate of drug-likeness (QED) is 0.295. The van der Waals surface area contributed by atoms with Gasteiger partial charge in [0.25, 0.3) is 0 Å². The first-order valence-electron chi connectivity index (χ1n) is 7.75. The van der Waals surface area contributed by atoms with E-state index in [-0.39, 0.29) is 24.0 Å². The van der Waals surface area contributed by atoms with E-state index in [0.717, 1.165) is 29.9 Å². The summed E-state index contributed by atoms with van der Waals surface area (Å²) in [5.74, 6) is 3.32. The van der Waals surface area contributed by atoms with Gasteiger partial charge in [0.05, 0.1) is 6.54 Å². The predicted octanol–water partition coefficient (Wildman–Crippen LogP) is 1.88. The number of para-hydroxylation sites is 1. The second kappa shape index (κ2) is 10.8. The molecular formula is C16H25IN6O. The molecule has 0 atom stereocenters. The van der Waals surface area contributed by atoms with Crippen molar-refractivity contribution in [2.24, 2.45) is 12.0 Å². The number of nitrogens with one attached hydrogen (secondary N) is 2. The molecule has 2 rings (SSSR count). The van der Waals surface area contributed by atoms with Crippen LogP contribution in [0, 0.1) is 6.92 Å². The highest BCUT2D eigenvalue weighted by Gasteiger charge is 2.04. The van der Waals surface area contributed by atoms with Gasteiger partial charge in [-0.15, -0.1) is 34.2 Å². The van der Waals surface area contributed by atoms with Crippen molar-refractivity contribution < 1.29 is 4.74 Å². The van der Waals surface area contributed by atoms with Gasteiger partial charge in [-0.1, -0.05) is 18.2 Å². The Labute approximate surface area is 159 Å². The van der Waals surface area contributed by atoms with E-state index >= 15 is 0 Å². The highest BCUT2D eigenvalue weighted by Crippen LogP contribution is 2.07. The molecule has 0 aliphatic carbocycles. The van der Waals surface area contributed by atoms with Crippen LogP contribution in [0.2, 0.25) is 0 Å². The fraction of sp³-hybridized carbons (Fsp3) is 0.438. The Balaban J connectivity index is 0.00000288. The van der Waals surface area contributed by atoms with Crippen LogP contribution >= 0.6 is 24.0 Å². The van der Waals surface area contributed by atoms with E-state index in [1.54, 1.807) is 0 Å². The number of halogens is 1. The maximum atomic E-state index is 5.65. The Bertz CT molecular complexity index is 629. The molecule has 1 aromatic carbocycles. The van der Waals surface area contributed by atoms with E-state index < -0.39 is 0 Å². The molecule has 0 bridgehead atoms. The average Bonchev–Trinajstić information content (AvgIpc) is 2.89. The van der Waals surface area contributed by atoms with Crippen molar-refractivity contribution in [1.29, 1.82) is 0 Å². The number of aliphatic imine (C=N–C) groups is 1. The number of hydrogen-bond acceptors (Lipinski definition) is 4. The summed E-state index contributed by atoms with van der Waals surface area (Å²) >= 11 is 0. The third kappa shape index (κ3) is 6.34. The van der Waals surface area contributed by atoms with Crippen molar-refractivity contribution in [2.75, 3.05) is 19.7 Å². The minimum absolute atomic E-state index is 0. The van der Waals surface area contributed by atoms with Crippen LogP contribution < -0.4 is 15.4 Å². The first kappa shape index (κ1) is 20.2. The number of aryl methyl sites for hydroxylation is 1. The summed E-state index contributed by atoms with van der Waals surface area (Å²) in [6.07, 6.45) is 0. The lowest BCUT2D eigenvalue weighted by atomic mass is 10.3. The Morgan fingerprint density at radius 3 is 2.58 bits per heavy atom. The first-order chi connectivity index (χ1) is 11.2. The molecule has 1 heterocycles. The molecule has 0 saturated carbocycles. The molecule has 8 heteroatoms. The SMILES string of the molecule is CCNC(=NCc1nnc(C)n1C)NCCOc1ccccc1.I. The lowest BCUT2D eigenvalue weighted by Crippen LogP contribution is -2.39. The maximum Gasteiger partial charge on any atom is 0.191 e. The van der Waals surface area contributed by atoms with Crippen LogP contribution in [0.15, 0.2) is 35.3 Å². The van der Waals surface area contributed by atoms with E-state index in [2.05, 4.69) is 25.8 Å². The minimum Gasteiger partial charge on any atom is -0.492 e. The van der Waals surface area contributed by atoms with Gasteiger partial charge in [-0.2, -0.15) is 0 Å². The summed E-state index contributed by atoms with van der Waals surface area (Å²) in [6.45, 7) is 6.46. The molecule has 0 aliphatic heterocycles. The Morgan fingerprint density at radius 2 is 1.96 bits per heavy atom. The summed E-state index contributed by atoms with van der Waals surface area (Å²) in [5, 5.41) is 14.6. The molecule has 0 amide bonds. The molecule has 0 spiro atoms. The largest absolute Gasteiger partial charge is 0.492 e. The van der Waals surface area contributed by atoms with Crippen LogP contribution in [0.4, 0.5) is 0 Å². The Morgan fingerprint density at radius 1 is 1.21 bits per heavy atom. The summed E-state index contributed by atoms with van der Waals surface area (Å²) < 4.78 is 7.58. The van der Waals surface area contributed by atoms with Gasteiger partial charge in [0.15, 0.2) is 11.8 Å². The fourth-order valence-electron chi connectivity index (χ4n) is 1.94. The van der Waals surface area contributed by atoms with Crippen molar-refractivity contribution in [3.63, 3.8) is 0 Å². The van der Waals surface area contributed by atoms with Gasteiger partial charge in [0.1, 0.15) is 24.7 Å². The third-order valence-corrected chi connectivity index (χ3v) is 3.31. The standard InChI is InChI=1S/C16H24N6O.HI/c1-4-17-16(19-12-15-21-20-13(2)22(15)3)18-10-11-23-14-8-6-5-7-9-14;/h5-9H,4,10-12H2,1-3H3,(H2,17,18,19);1H. The van der Waals surface area contributed by atoms with Gasteiger partial charge >= 0.3 is 0 Å². The van der Waals surface area contributed by atoms with E-state index in [1.807, 2.05) is 55.8 Å². The zero-order valence-corrected chi connectivity index (χ0v) is 16.7. The number of rotatable bonds is 7. The monoisotopic (exact) mass is 444 g/mol. The molecule has 0 fully saturated rings. The van der Waals surface area contributed by atoms with Gasteiger partial charge < -0.3 is 19.9 Å². The van der Waals surface area contributed by atoms with Crippen LogP contribution in [0.25, 0.3) is 0 Å². The van der Waals surface area contributed by atoms with Gasteiger partial charge in [-0.3, -0.25) is 0 Å². The summed E-state index contributed by atoms with van der Waals surface area (Å²) in [7, 11) is 1.94. The highest BCUT2D eigenvalue weighted by atomic mass is 127. The second-order valence-corrected chi connectivity index (χ2v) is 5.01. The van der Waals surface area contributed by atoms with Crippen LogP contribution in [0.3, 0.4) is 0 Å². The first-order valence-corrected chi connectivity index (χ1v) is 7.75. The van der Waals surface area contributed by atoms with Gasteiger partial charge in [-0.25, -0.2) is 4.99 Å². The van der Waals surface area contributed by atoms with Crippen LogP contribution in [0.5, 0.6) is 5.75 Å². The molecule has 0 radical (unpaired) electrons. The van der Waals surface area contributed by atoms with Crippen molar-refractivity contribution in [1.82, 2.24) is 25.4 Å². The van der Waals surface area contributed by atoms with Crippen LogP contribution in [-0.2, 0) is 13.6 Å². The zero-order chi connectivity index (χ0) is 16.5. The van der Waals surface area contributed by atoms with Gasteiger partial charge in [0.2, 0.25) is 0 Å². The molecule has 7 nitrogen and oxygen atoms in total. The normalized spacial score (nSPS) is 10.9. The summed E-state index contributed by atoms with van der Waals surface area (Å²) in [4.78, 5) is 4.52. The van der Waals surface area contributed by atoms with Crippen molar-refractivity contribution in [3.05, 3.63) is 42.0 Å². The molecule has 0 unspecified atom stereocenters. The number of benzene rings is 1. The smallest absolute Gasteiger partial charge is 0.191 e. The molecule has 0 aliphatic rings. The van der Waals surface area contributed by atoms with E-state index in [0.29, 0.717) is 19.7 Å².